The van der Waals surface area contributed by atoms with Crippen LogP contribution in [0.15, 0.2) is 30.5 Å². The molecule has 3 rings (SSSR count). The lowest BCUT2D eigenvalue weighted by molar-refractivity contribution is -0.141. The number of ether oxygens (including phenoxy) is 2. The van der Waals surface area contributed by atoms with Gasteiger partial charge in [0.2, 0.25) is 0 Å². The minimum atomic E-state index is -1.17. The number of rotatable bonds is 20. The highest BCUT2D eigenvalue weighted by molar-refractivity contribution is 6.15. The lowest BCUT2D eigenvalue weighted by Crippen LogP contribution is -2.58. The number of aliphatic carboxylic acids is 1. The number of anilines is 1. The molecule has 2 aromatic rings. The first-order valence-corrected chi connectivity index (χ1v) is 17.1. The van der Waals surface area contributed by atoms with Crippen LogP contribution in [0.5, 0.6) is 0 Å². The number of unbranched alkanes of at least 4 members (excludes halogenated alkanes) is 1. The van der Waals surface area contributed by atoms with E-state index in [1.165, 1.54) is 0 Å². The Hall–Kier alpha value is -3.45. The summed E-state index contributed by atoms with van der Waals surface area (Å²) in [6, 6.07) is 7.26. The second-order valence-corrected chi connectivity index (χ2v) is 14.1. The molecule has 1 saturated heterocycles. The number of amides is 1. The number of ketones is 1. The van der Waals surface area contributed by atoms with Crippen molar-refractivity contribution in [1.29, 1.82) is 0 Å². The first kappa shape index (κ1) is 39.0. The Bertz CT molecular complexity index is 1390. The molecule has 4 N–H and O–H groups in total. The Morgan fingerprint density at radius 2 is 1.92 bits per heavy atom. The lowest BCUT2D eigenvalue weighted by Gasteiger charge is -2.41. The van der Waals surface area contributed by atoms with Gasteiger partial charge in [-0.3, -0.25) is 19.2 Å². The van der Waals surface area contributed by atoms with Crippen LogP contribution in [0.4, 0.5) is 10.5 Å². The van der Waals surface area contributed by atoms with E-state index in [0.717, 1.165) is 30.5 Å². The standard InChI is InChI=1S/C35H55BN6O6/c1-9-23(3)35(7)32(25(5)38-20-22(2)19-34(6,47-8)31(36)24(4)29(43)18-30(44)45)42(33(46)48-35)16-11-10-15-41-21-28(39-40-41)26-13-12-14-27(37)17-26/h12-14,17,21-25,31-32,38H,9-11,15-16,18-20,37H2,1-8H3,(H,44,45)/t22-,23-,24+,25-,31-,32-,34-,35-/m1/s1. The number of carbonyl (C=O) groups is 3. The van der Waals surface area contributed by atoms with Gasteiger partial charge in [0.05, 0.1) is 25.7 Å². The van der Waals surface area contributed by atoms with Crippen molar-refractivity contribution in [3.05, 3.63) is 30.5 Å². The number of nitrogen functional groups attached to an aromatic ring is 1. The van der Waals surface area contributed by atoms with Crippen molar-refractivity contribution in [2.75, 3.05) is 25.9 Å². The molecule has 0 unspecified atom stereocenters. The molecule has 48 heavy (non-hydrogen) atoms. The Kier molecular flexibility index (Phi) is 13.6. The van der Waals surface area contributed by atoms with Gasteiger partial charge in [-0.25, -0.2) is 4.79 Å². The molecule has 0 saturated carbocycles. The molecule has 1 aliphatic rings. The molecule has 2 heterocycles. The van der Waals surface area contributed by atoms with Crippen molar-refractivity contribution in [2.45, 2.75) is 116 Å². The van der Waals surface area contributed by atoms with Gasteiger partial charge in [0.25, 0.3) is 0 Å². The molecule has 264 valence electrons. The molecule has 0 spiro atoms. The number of hydrogen-bond acceptors (Lipinski definition) is 9. The number of nitrogens with one attached hydrogen (secondary N) is 1. The van der Waals surface area contributed by atoms with Gasteiger partial charge in [-0.2, -0.15) is 0 Å². The third-order valence-electron chi connectivity index (χ3n) is 10.4. The van der Waals surface area contributed by atoms with E-state index in [1.54, 1.807) is 14.0 Å². The predicted molar refractivity (Wildman–Crippen MR) is 187 cm³/mol. The summed E-state index contributed by atoms with van der Waals surface area (Å²) in [5.41, 5.74) is 6.75. The van der Waals surface area contributed by atoms with Crippen LogP contribution in [0.3, 0.4) is 0 Å². The van der Waals surface area contributed by atoms with E-state index in [1.807, 2.05) is 53.9 Å². The first-order valence-electron chi connectivity index (χ1n) is 17.1. The van der Waals surface area contributed by atoms with Gasteiger partial charge in [-0.1, -0.05) is 45.0 Å². The zero-order valence-electron chi connectivity index (χ0n) is 29.9. The van der Waals surface area contributed by atoms with Crippen LogP contribution in [0.25, 0.3) is 11.3 Å². The Balaban J connectivity index is 1.63. The number of benzene rings is 1. The van der Waals surface area contributed by atoms with Gasteiger partial charge in [0.1, 0.15) is 23.5 Å². The second kappa shape index (κ2) is 16.8. The summed E-state index contributed by atoms with van der Waals surface area (Å²) in [5.74, 6) is -2.72. The molecule has 13 heteroatoms. The quantitative estimate of drug-likeness (QED) is 0.0761. The van der Waals surface area contributed by atoms with Crippen molar-refractivity contribution in [3.8, 4) is 11.3 Å². The summed E-state index contributed by atoms with van der Waals surface area (Å²) < 4.78 is 13.8. The number of methoxy groups -OCH3 is 1. The number of Topliss-reactive ketones (excluding diaryl/α,β-unsaturated/α-hetero) is 1. The fourth-order valence-corrected chi connectivity index (χ4v) is 6.98. The molecule has 12 nitrogen and oxygen atoms in total. The lowest BCUT2D eigenvalue weighted by atomic mass is 9.63. The zero-order valence-corrected chi connectivity index (χ0v) is 29.9. The van der Waals surface area contributed by atoms with Gasteiger partial charge in [-0.15, -0.1) is 5.10 Å². The maximum atomic E-state index is 13.3. The Morgan fingerprint density at radius 1 is 1.23 bits per heavy atom. The van der Waals surface area contributed by atoms with E-state index in [-0.39, 0.29) is 30.0 Å². The molecule has 2 radical (unpaired) electrons. The topological polar surface area (TPSA) is 162 Å². The van der Waals surface area contributed by atoms with Crippen LogP contribution in [-0.2, 0) is 25.6 Å². The highest BCUT2D eigenvalue weighted by Gasteiger charge is 2.55. The minimum absolute atomic E-state index is 0.0893. The fraction of sp³-hybridized carbons (Fsp3) is 0.686. The minimum Gasteiger partial charge on any atom is -0.481 e. The molecule has 0 bridgehead atoms. The molecule has 1 aromatic heterocycles. The Labute approximate surface area is 286 Å². The number of hydrogen-bond donors (Lipinski definition) is 3. The normalized spacial score (nSPS) is 22.4. The van der Waals surface area contributed by atoms with Crippen LogP contribution < -0.4 is 11.1 Å². The fourth-order valence-electron chi connectivity index (χ4n) is 6.98. The zero-order chi connectivity index (χ0) is 35.8. The highest BCUT2D eigenvalue weighted by Crippen LogP contribution is 2.40. The summed E-state index contributed by atoms with van der Waals surface area (Å²) in [7, 11) is 8.06. The average Bonchev–Trinajstić information content (AvgIpc) is 3.62. The van der Waals surface area contributed by atoms with Crippen molar-refractivity contribution >= 4 is 31.4 Å². The molecule has 1 aliphatic heterocycles. The highest BCUT2D eigenvalue weighted by atomic mass is 16.6. The summed E-state index contributed by atoms with van der Waals surface area (Å²) in [5, 5.41) is 21.3. The maximum absolute atomic E-state index is 13.3. The number of nitrogens with two attached hydrogens (primary N) is 1. The van der Waals surface area contributed by atoms with Crippen LogP contribution >= 0.6 is 0 Å². The van der Waals surface area contributed by atoms with Crippen LogP contribution in [0.2, 0.25) is 5.82 Å². The van der Waals surface area contributed by atoms with Gasteiger partial charge in [-0.05, 0) is 82.8 Å². The van der Waals surface area contributed by atoms with Crippen LogP contribution in [-0.4, -0.2) is 94.2 Å². The number of cyclic esters (lactones) is 1. The van der Waals surface area contributed by atoms with E-state index >= 15 is 0 Å². The van der Waals surface area contributed by atoms with Gasteiger partial charge in [0.15, 0.2) is 0 Å². The molecule has 1 aromatic carbocycles. The second-order valence-electron chi connectivity index (χ2n) is 14.1. The van der Waals surface area contributed by atoms with Crippen LogP contribution in [0.1, 0.15) is 80.6 Å². The predicted octanol–water partition coefficient (Wildman–Crippen LogP) is 4.98. The number of aromatic nitrogens is 3. The van der Waals surface area contributed by atoms with Gasteiger partial charge < -0.3 is 25.6 Å². The summed E-state index contributed by atoms with van der Waals surface area (Å²) in [6.07, 6.45) is 4.02. The van der Waals surface area contributed by atoms with E-state index in [4.69, 9.17) is 28.2 Å². The molecular weight excluding hydrogens is 611 g/mol. The third kappa shape index (κ3) is 9.37. The smallest absolute Gasteiger partial charge is 0.410 e. The van der Waals surface area contributed by atoms with E-state index in [9.17, 15) is 14.4 Å². The molecule has 8 atom stereocenters. The number of nitrogens with zero attached hydrogens (tertiary/aromatic N) is 4. The first-order chi connectivity index (χ1) is 22.6. The van der Waals surface area contributed by atoms with E-state index in [0.29, 0.717) is 31.7 Å². The Morgan fingerprint density at radius 3 is 2.54 bits per heavy atom. The molecule has 1 fully saturated rings. The number of carbonyl (C=O) groups excluding carboxylic acids is 2. The number of aryl methyl sites for hydroxylation is 1. The number of carboxylic acids is 1. The third-order valence-corrected chi connectivity index (χ3v) is 10.4. The van der Waals surface area contributed by atoms with Crippen molar-refractivity contribution in [2.24, 2.45) is 17.8 Å². The van der Waals surface area contributed by atoms with Crippen molar-refractivity contribution in [3.63, 3.8) is 0 Å². The van der Waals surface area contributed by atoms with Crippen molar-refractivity contribution < 1.29 is 29.0 Å². The van der Waals surface area contributed by atoms with Gasteiger partial charge in [0, 0.05) is 43.4 Å². The van der Waals surface area contributed by atoms with Gasteiger partial charge >= 0.3 is 12.1 Å². The van der Waals surface area contributed by atoms with E-state index < -0.39 is 41.1 Å². The van der Waals surface area contributed by atoms with Crippen molar-refractivity contribution in [1.82, 2.24) is 25.2 Å². The maximum Gasteiger partial charge on any atom is 0.410 e. The largest absolute Gasteiger partial charge is 0.481 e. The SMILES string of the molecule is [B][C@H]([C@@H](C)C(=O)CC(=O)O)[C@@](C)(C[C@@H](C)CN[C@H](C)[C@H]1N(CCCCn2cc(-c3cccc(N)c3)nn2)C(=O)O[C@]1(C)[C@H](C)CC)OC. The van der Waals surface area contributed by atoms with E-state index in [2.05, 4.69) is 43.3 Å². The summed E-state index contributed by atoms with van der Waals surface area (Å²) in [6.45, 7) is 15.8. The summed E-state index contributed by atoms with van der Waals surface area (Å²) in [4.78, 5) is 38.8. The summed E-state index contributed by atoms with van der Waals surface area (Å²) >= 11 is 0. The molecular formula is C35H55BN6O6. The van der Waals surface area contributed by atoms with Crippen LogP contribution in [0, 0.1) is 17.8 Å². The number of carboxylic acid groups (broad SMARTS) is 1. The average molecular weight is 667 g/mol. The molecule has 1 amide bonds. The molecule has 0 aliphatic carbocycles. The monoisotopic (exact) mass is 666 g/mol.